The number of nitrogens with zero attached hydrogens (tertiary/aromatic N) is 1. The minimum absolute atomic E-state index is 0.0852. The van der Waals surface area contributed by atoms with Gasteiger partial charge < -0.3 is 9.64 Å². The van der Waals surface area contributed by atoms with Crippen molar-refractivity contribution in [3.63, 3.8) is 0 Å². The van der Waals surface area contributed by atoms with E-state index in [-0.39, 0.29) is 6.04 Å². The molecule has 0 spiro atoms. The van der Waals surface area contributed by atoms with Gasteiger partial charge in [-0.25, -0.2) is 0 Å². The van der Waals surface area contributed by atoms with Crippen molar-refractivity contribution >= 4 is 5.91 Å². The number of ether oxygens (including phenoxy) is 1. The van der Waals surface area contributed by atoms with Crippen LogP contribution in [-0.2, 0) is 9.53 Å². The molecule has 0 aliphatic heterocycles. The third kappa shape index (κ3) is 4.38. The summed E-state index contributed by atoms with van der Waals surface area (Å²) >= 11 is 0. The lowest BCUT2D eigenvalue weighted by atomic mass is 10.2. The lowest BCUT2D eigenvalue weighted by Crippen LogP contribution is -2.39. The van der Waals surface area contributed by atoms with Crippen molar-refractivity contribution < 1.29 is 22.7 Å². The zero-order valence-corrected chi connectivity index (χ0v) is 9.38. The fourth-order valence-electron chi connectivity index (χ4n) is 1.48. The van der Waals surface area contributed by atoms with Crippen molar-refractivity contribution in [2.24, 2.45) is 5.92 Å². The van der Waals surface area contributed by atoms with Crippen molar-refractivity contribution in [3.05, 3.63) is 0 Å². The van der Waals surface area contributed by atoms with Crippen LogP contribution in [0.25, 0.3) is 0 Å². The molecule has 0 unspecified atom stereocenters. The van der Waals surface area contributed by atoms with Crippen LogP contribution in [0.4, 0.5) is 13.2 Å². The van der Waals surface area contributed by atoms with E-state index in [0.29, 0.717) is 5.92 Å². The summed E-state index contributed by atoms with van der Waals surface area (Å²) in [5.74, 6) is 0.0974. The second-order valence-corrected chi connectivity index (χ2v) is 4.19. The van der Waals surface area contributed by atoms with E-state index >= 15 is 0 Å². The zero-order valence-electron chi connectivity index (χ0n) is 9.38. The lowest BCUT2D eigenvalue weighted by Gasteiger charge is -2.24. The number of hydrogen-bond donors (Lipinski definition) is 0. The lowest BCUT2D eigenvalue weighted by molar-refractivity contribution is -0.178. The Balaban J connectivity index is 2.23. The SMILES string of the molecule is C[C@H](C1CC1)N(C)C(=O)COCC(F)(F)F. The van der Waals surface area contributed by atoms with Crippen LogP contribution in [0.5, 0.6) is 0 Å². The molecule has 1 aliphatic carbocycles. The van der Waals surface area contributed by atoms with E-state index < -0.39 is 25.3 Å². The molecule has 1 amide bonds. The molecule has 1 atom stereocenters. The van der Waals surface area contributed by atoms with Gasteiger partial charge in [0.05, 0.1) is 0 Å². The zero-order chi connectivity index (χ0) is 12.3. The average molecular weight is 239 g/mol. The first-order chi connectivity index (χ1) is 7.31. The number of rotatable bonds is 5. The molecule has 0 N–H and O–H groups in total. The van der Waals surface area contributed by atoms with E-state index in [4.69, 9.17) is 0 Å². The second kappa shape index (κ2) is 5.03. The Labute approximate surface area is 92.5 Å². The topological polar surface area (TPSA) is 29.5 Å². The molecule has 1 fully saturated rings. The summed E-state index contributed by atoms with van der Waals surface area (Å²) in [5, 5.41) is 0. The van der Waals surface area contributed by atoms with E-state index in [9.17, 15) is 18.0 Å². The molecule has 3 nitrogen and oxygen atoms in total. The van der Waals surface area contributed by atoms with E-state index in [2.05, 4.69) is 4.74 Å². The van der Waals surface area contributed by atoms with Crippen molar-refractivity contribution in [2.45, 2.75) is 32.0 Å². The summed E-state index contributed by atoms with van der Waals surface area (Å²) in [6, 6.07) is 0.0852. The van der Waals surface area contributed by atoms with Crippen molar-refractivity contribution in [2.75, 3.05) is 20.3 Å². The summed E-state index contributed by atoms with van der Waals surface area (Å²) in [6.45, 7) is 0.0246. The molecular formula is C10H16F3NO2. The summed E-state index contributed by atoms with van der Waals surface area (Å²) in [7, 11) is 1.60. The van der Waals surface area contributed by atoms with Crippen LogP contribution in [0.15, 0.2) is 0 Å². The number of halogens is 3. The molecule has 0 radical (unpaired) electrons. The molecule has 6 heteroatoms. The first kappa shape index (κ1) is 13.3. The molecule has 16 heavy (non-hydrogen) atoms. The van der Waals surface area contributed by atoms with Gasteiger partial charge in [-0.05, 0) is 25.7 Å². The van der Waals surface area contributed by atoms with Gasteiger partial charge in [0.1, 0.15) is 13.2 Å². The average Bonchev–Trinajstić information content (AvgIpc) is 2.96. The minimum atomic E-state index is -4.37. The van der Waals surface area contributed by atoms with Crippen molar-refractivity contribution in [3.8, 4) is 0 Å². The molecule has 0 bridgehead atoms. The Morgan fingerprint density at radius 3 is 2.50 bits per heavy atom. The highest BCUT2D eigenvalue weighted by molar-refractivity contribution is 5.77. The predicted octanol–water partition coefficient (Wildman–Crippen LogP) is 1.82. The Morgan fingerprint density at radius 2 is 2.06 bits per heavy atom. The normalized spacial score (nSPS) is 18.3. The third-order valence-electron chi connectivity index (χ3n) is 2.80. The smallest absolute Gasteiger partial charge is 0.362 e. The largest absolute Gasteiger partial charge is 0.411 e. The molecule has 0 aromatic rings. The quantitative estimate of drug-likeness (QED) is 0.732. The van der Waals surface area contributed by atoms with Gasteiger partial charge in [0, 0.05) is 13.1 Å². The van der Waals surface area contributed by atoms with Crippen LogP contribution in [-0.4, -0.2) is 43.3 Å². The van der Waals surface area contributed by atoms with Gasteiger partial charge in [-0.15, -0.1) is 0 Å². The van der Waals surface area contributed by atoms with Gasteiger partial charge >= 0.3 is 6.18 Å². The van der Waals surface area contributed by atoms with Gasteiger partial charge in [-0.1, -0.05) is 0 Å². The first-order valence-corrected chi connectivity index (χ1v) is 5.21. The van der Waals surface area contributed by atoms with Crippen LogP contribution in [0.1, 0.15) is 19.8 Å². The van der Waals surface area contributed by atoms with Gasteiger partial charge in [0.15, 0.2) is 0 Å². The number of alkyl halides is 3. The standard InChI is InChI=1S/C10H16F3NO2/c1-7(8-3-4-8)14(2)9(15)5-16-6-10(11,12)13/h7-8H,3-6H2,1-2H3/t7-/m1/s1. The Morgan fingerprint density at radius 1 is 1.50 bits per heavy atom. The maximum Gasteiger partial charge on any atom is 0.411 e. The van der Waals surface area contributed by atoms with Crippen LogP contribution < -0.4 is 0 Å². The number of carbonyl (C=O) groups is 1. The molecule has 0 saturated heterocycles. The Kier molecular flexibility index (Phi) is 4.18. The number of likely N-dealkylation sites (N-methyl/N-ethyl adjacent to an activating group) is 1. The Hall–Kier alpha value is -0.780. The van der Waals surface area contributed by atoms with Crippen molar-refractivity contribution in [1.29, 1.82) is 0 Å². The number of hydrogen-bond acceptors (Lipinski definition) is 2. The molecular weight excluding hydrogens is 223 g/mol. The highest BCUT2D eigenvalue weighted by Gasteiger charge is 2.33. The first-order valence-electron chi connectivity index (χ1n) is 5.21. The fraction of sp³-hybridized carbons (Fsp3) is 0.900. The second-order valence-electron chi connectivity index (χ2n) is 4.19. The molecule has 0 heterocycles. The molecule has 94 valence electrons. The molecule has 0 aromatic heterocycles. The summed E-state index contributed by atoms with van der Waals surface area (Å²) in [6.07, 6.45) is -2.20. The maximum absolute atomic E-state index is 11.8. The van der Waals surface area contributed by atoms with Crippen LogP contribution in [0.3, 0.4) is 0 Å². The molecule has 1 saturated carbocycles. The van der Waals surface area contributed by atoms with Gasteiger partial charge in [0.2, 0.25) is 5.91 Å². The van der Waals surface area contributed by atoms with E-state index in [1.807, 2.05) is 6.92 Å². The van der Waals surface area contributed by atoms with Crippen LogP contribution in [0.2, 0.25) is 0 Å². The number of carbonyl (C=O) groups excluding carboxylic acids is 1. The van der Waals surface area contributed by atoms with Gasteiger partial charge in [-0.2, -0.15) is 13.2 Å². The summed E-state index contributed by atoms with van der Waals surface area (Å²) in [4.78, 5) is 12.9. The highest BCUT2D eigenvalue weighted by atomic mass is 19.4. The molecule has 1 rings (SSSR count). The van der Waals surface area contributed by atoms with Gasteiger partial charge in [0.25, 0.3) is 0 Å². The predicted molar refractivity (Wildman–Crippen MR) is 51.8 cm³/mol. The van der Waals surface area contributed by atoms with Crippen LogP contribution in [0, 0.1) is 5.92 Å². The maximum atomic E-state index is 11.8. The van der Waals surface area contributed by atoms with Crippen molar-refractivity contribution in [1.82, 2.24) is 4.90 Å². The minimum Gasteiger partial charge on any atom is -0.362 e. The van der Waals surface area contributed by atoms with E-state index in [0.717, 1.165) is 12.8 Å². The van der Waals surface area contributed by atoms with E-state index in [1.54, 1.807) is 7.05 Å². The Bertz CT molecular complexity index is 251. The van der Waals surface area contributed by atoms with E-state index in [1.165, 1.54) is 4.90 Å². The molecule has 0 aromatic carbocycles. The van der Waals surface area contributed by atoms with Crippen LogP contribution >= 0.6 is 0 Å². The summed E-state index contributed by atoms with van der Waals surface area (Å²) < 4.78 is 39.6. The fourth-order valence-corrected chi connectivity index (χ4v) is 1.48. The summed E-state index contributed by atoms with van der Waals surface area (Å²) in [5.41, 5.74) is 0. The third-order valence-corrected chi connectivity index (χ3v) is 2.80. The van der Waals surface area contributed by atoms with Gasteiger partial charge in [-0.3, -0.25) is 4.79 Å². The highest BCUT2D eigenvalue weighted by Crippen LogP contribution is 2.34. The molecule has 1 aliphatic rings. The number of amides is 1. The monoisotopic (exact) mass is 239 g/mol.